The van der Waals surface area contributed by atoms with Crippen molar-refractivity contribution < 1.29 is 4.74 Å². The van der Waals surface area contributed by atoms with Crippen molar-refractivity contribution in [3.8, 4) is 0 Å². The average Bonchev–Trinajstić information content (AvgIpc) is 2.20. The van der Waals surface area contributed by atoms with Crippen molar-refractivity contribution in [2.75, 3.05) is 0 Å². The van der Waals surface area contributed by atoms with Gasteiger partial charge in [-0.15, -0.1) is 11.8 Å². The number of aromatic nitrogens is 1. The van der Waals surface area contributed by atoms with Crippen LogP contribution >= 0.6 is 23.4 Å². The summed E-state index contributed by atoms with van der Waals surface area (Å²) in [5.74, 6) is 0. The maximum absolute atomic E-state index is 6.10. The van der Waals surface area contributed by atoms with Gasteiger partial charge in [-0.2, -0.15) is 0 Å². The molecule has 3 atom stereocenters. The first-order chi connectivity index (χ1) is 7.65. The summed E-state index contributed by atoms with van der Waals surface area (Å²) in [6.45, 7) is 4.27. The summed E-state index contributed by atoms with van der Waals surface area (Å²) in [4.78, 5) is 5.13. The SMILES string of the molecule is C[C@@H]1CC(Sc2ccncc2Cl)C[C@H](C)O1. The Labute approximate surface area is 106 Å². The molecular formula is C12H16ClNOS. The molecular weight excluding hydrogens is 242 g/mol. The Balaban J connectivity index is 2.02. The van der Waals surface area contributed by atoms with Crippen molar-refractivity contribution in [1.82, 2.24) is 4.98 Å². The largest absolute Gasteiger partial charge is 0.375 e. The summed E-state index contributed by atoms with van der Waals surface area (Å²) in [5, 5.41) is 1.35. The predicted octanol–water partition coefficient (Wildman–Crippen LogP) is 3.78. The fraction of sp³-hybridized carbons (Fsp3) is 0.583. The molecule has 1 aromatic rings. The first-order valence-electron chi connectivity index (χ1n) is 5.56. The Kier molecular flexibility index (Phi) is 4.11. The van der Waals surface area contributed by atoms with Crippen LogP contribution in [0.3, 0.4) is 0 Å². The first kappa shape index (κ1) is 12.2. The fourth-order valence-electron chi connectivity index (χ4n) is 2.08. The summed E-state index contributed by atoms with van der Waals surface area (Å²) in [7, 11) is 0. The van der Waals surface area contributed by atoms with Crippen LogP contribution in [0.4, 0.5) is 0 Å². The fourth-order valence-corrected chi connectivity index (χ4v) is 3.73. The molecule has 1 aliphatic rings. The third kappa shape index (κ3) is 3.12. The average molecular weight is 258 g/mol. The van der Waals surface area contributed by atoms with Gasteiger partial charge in [0.25, 0.3) is 0 Å². The van der Waals surface area contributed by atoms with Gasteiger partial charge in [0.2, 0.25) is 0 Å². The molecule has 0 bridgehead atoms. The Hall–Kier alpha value is -0.250. The highest BCUT2D eigenvalue weighted by molar-refractivity contribution is 8.00. The van der Waals surface area contributed by atoms with Crippen LogP contribution in [-0.2, 0) is 4.74 Å². The molecule has 2 rings (SSSR count). The number of ether oxygens (including phenoxy) is 1. The zero-order valence-corrected chi connectivity index (χ0v) is 11.1. The van der Waals surface area contributed by atoms with E-state index in [1.807, 2.05) is 17.8 Å². The van der Waals surface area contributed by atoms with E-state index in [0.717, 1.165) is 22.8 Å². The lowest BCUT2D eigenvalue weighted by molar-refractivity contribution is -0.0265. The zero-order chi connectivity index (χ0) is 11.5. The second-order valence-corrected chi connectivity index (χ2v) is 6.02. The van der Waals surface area contributed by atoms with Crippen LogP contribution in [0, 0.1) is 0 Å². The van der Waals surface area contributed by atoms with E-state index in [1.54, 1.807) is 12.4 Å². The van der Waals surface area contributed by atoms with Gasteiger partial charge in [0, 0.05) is 22.5 Å². The third-order valence-electron chi connectivity index (χ3n) is 2.68. The lowest BCUT2D eigenvalue weighted by atomic mass is 10.1. The smallest absolute Gasteiger partial charge is 0.0725 e. The molecule has 1 unspecified atom stereocenters. The van der Waals surface area contributed by atoms with Crippen LogP contribution in [-0.4, -0.2) is 22.4 Å². The van der Waals surface area contributed by atoms with Crippen molar-refractivity contribution >= 4 is 23.4 Å². The van der Waals surface area contributed by atoms with Gasteiger partial charge in [0.05, 0.1) is 17.2 Å². The molecule has 0 aliphatic carbocycles. The molecule has 0 aromatic carbocycles. The van der Waals surface area contributed by atoms with Crippen molar-refractivity contribution in [2.45, 2.75) is 49.0 Å². The van der Waals surface area contributed by atoms with E-state index in [4.69, 9.17) is 16.3 Å². The summed E-state index contributed by atoms with van der Waals surface area (Å²) in [6.07, 6.45) is 6.38. The quantitative estimate of drug-likeness (QED) is 0.805. The maximum Gasteiger partial charge on any atom is 0.0725 e. The molecule has 88 valence electrons. The van der Waals surface area contributed by atoms with Gasteiger partial charge in [0.1, 0.15) is 0 Å². The molecule has 0 radical (unpaired) electrons. The van der Waals surface area contributed by atoms with Gasteiger partial charge in [-0.05, 0) is 32.8 Å². The molecule has 1 aliphatic heterocycles. The minimum Gasteiger partial charge on any atom is -0.375 e. The number of thioether (sulfide) groups is 1. The highest BCUT2D eigenvalue weighted by Crippen LogP contribution is 2.36. The van der Waals surface area contributed by atoms with E-state index in [2.05, 4.69) is 18.8 Å². The third-order valence-corrected chi connectivity index (χ3v) is 4.42. The molecule has 1 fully saturated rings. The van der Waals surface area contributed by atoms with Gasteiger partial charge in [-0.1, -0.05) is 11.6 Å². The molecule has 0 spiro atoms. The van der Waals surface area contributed by atoms with Gasteiger partial charge >= 0.3 is 0 Å². The molecule has 0 N–H and O–H groups in total. The maximum atomic E-state index is 6.10. The van der Waals surface area contributed by atoms with E-state index >= 15 is 0 Å². The van der Waals surface area contributed by atoms with Crippen LogP contribution in [0.15, 0.2) is 23.4 Å². The monoisotopic (exact) mass is 257 g/mol. The highest BCUT2D eigenvalue weighted by atomic mass is 35.5. The molecule has 2 nitrogen and oxygen atoms in total. The Morgan fingerprint density at radius 2 is 2.06 bits per heavy atom. The molecule has 1 aromatic heterocycles. The predicted molar refractivity (Wildman–Crippen MR) is 68.1 cm³/mol. The molecule has 4 heteroatoms. The topological polar surface area (TPSA) is 22.1 Å². The normalized spacial score (nSPS) is 30.3. The van der Waals surface area contributed by atoms with E-state index in [1.165, 1.54) is 0 Å². The molecule has 2 heterocycles. The Morgan fingerprint density at radius 3 is 2.69 bits per heavy atom. The van der Waals surface area contributed by atoms with Crippen LogP contribution in [0.25, 0.3) is 0 Å². The second-order valence-electron chi connectivity index (χ2n) is 4.27. The van der Waals surface area contributed by atoms with Gasteiger partial charge in [-0.3, -0.25) is 4.98 Å². The minimum atomic E-state index is 0.349. The van der Waals surface area contributed by atoms with E-state index < -0.39 is 0 Å². The van der Waals surface area contributed by atoms with Crippen molar-refractivity contribution in [2.24, 2.45) is 0 Å². The summed E-state index contributed by atoms with van der Waals surface area (Å²) in [6, 6.07) is 1.98. The molecule has 0 amide bonds. The number of hydrogen-bond donors (Lipinski definition) is 0. The number of nitrogens with zero attached hydrogens (tertiary/aromatic N) is 1. The van der Waals surface area contributed by atoms with E-state index in [0.29, 0.717) is 17.5 Å². The van der Waals surface area contributed by atoms with E-state index in [9.17, 15) is 0 Å². The summed E-state index contributed by atoms with van der Waals surface area (Å²) >= 11 is 7.95. The number of rotatable bonds is 2. The van der Waals surface area contributed by atoms with Crippen LogP contribution in [0.2, 0.25) is 5.02 Å². The lowest BCUT2D eigenvalue weighted by Crippen LogP contribution is -2.30. The highest BCUT2D eigenvalue weighted by Gasteiger charge is 2.25. The van der Waals surface area contributed by atoms with Crippen molar-refractivity contribution in [3.05, 3.63) is 23.5 Å². The van der Waals surface area contributed by atoms with E-state index in [-0.39, 0.29) is 0 Å². The van der Waals surface area contributed by atoms with Gasteiger partial charge in [0.15, 0.2) is 0 Å². The van der Waals surface area contributed by atoms with Gasteiger partial charge in [-0.25, -0.2) is 0 Å². The van der Waals surface area contributed by atoms with Gasteiger partial charge < -0.3 is 4.74 Å². The standard InChI is InChI=1S/C12H16ClNOS/c1-8-5-10(6-9(2)15-8)16-12-3-4-14-7-11(12)13/h3-4,7-10H,5-6H2,1-2H3/t8-,9+,10?. The van der Waals surface area contributed by atoms with Crippen LogP contribution in [0.5, 0.6) is 0 Å². The van der Waals surface area contributed by atoms with Crippen molar-refractivity contribution in [1.29, 1.82) is 0 Å². The molecule has 0 saturated carbocycles. The van der Waals surface area contributed by atoms with Crippen LogP contribution < -0.4 is 0 Å². The molecule has 16 heavy (non-hydrogen) atoms. The summed E-state index contributed by atoms with van der Waals surface area (Å²) in [5.41, 5.74) is 0. The Morgan fingerprint density at radius 1 is 1.38 bits per heavy atom. The Bertz CT molecular complexity index is 351. The molecule has 1 saturated heterocycles. The number of halogens is 1. The lowest BCUT2D eigenvalue weighted by Gasteiger charge is -2.31. The van der Waals surface area contributed by atoms with Crippen molar-refractivity contribution in [3.63, 3.8) is 0 Å². The number of hydrogen-bond acceptors (Lipinski definition) is 3. The number of pyridine rings is 1. The van der Waals surface area contributed by atoms with Crippen LogP contribution in [0.1, 0.15) is 26.7 Å². The summed E-state index contributed by atoms with van der Waals surface area (Å²) < 4.78 is 5.73. The zero-order valence-electron chi connectivity index (χ0n) is 9.52. The minimum absolute atomic E-state index is 0.349. The second kappa shape index (κ2) is 5.39. The first-order valence-corrected chi connectivity index (χ1v) is 6.82.